The molecule has 0 bridgehead atoms. The largest absolute Gasteiger partial charge is 0.416 e. The first-order chi connectivity index (χ1) is 11.8. The van der Waals surface area contributed by atoms with E-state index >= 15 is 0 Å². The molecule has 5 nitrogen and oxygen atoms in total. The fourth-order valence-corrected chi connectivity index (χ4v) is 4.19. The number of thioether (sulfide) groups is 1. The van der Waals surface area contributed by atoms with E-state index < -0.39 is 22.9 Å². The molecule has 1 aromatic heterocycles. The number of rotatable bonds is 3. The van der Waals surface area contributed by atoms with Gasteiger partial charge in [-0.1, -0.05) is 11.8 Å². The molecule has 0 saturated carbocycles. The average molecular weight is 387 g/mol. The minimum absolute atomic E-state index is 0.0223. The third-order valence-corrected chi connectivity index (χ3v) is 5.50. The summed E-state index contributed by atoms with van der Waals surface area (Å²) in [6.45, 7) is 1.44. The second-order valence-corrected chi connectivity index (χ2v) is 7.74. The Kier molecular flexibility index (Phi) is 4.74. The van der Waals surface area contributed by atoms with Gasteiger partial charge in [0.25, 0.3) is 0 Å². The minimum Gasteiger partial charge on any atom is -0.323 e. The number of alkyl halides is 3. The highest BCUT2D eigenvalue weighted by molar-refractivity contribution is 8.02. The van der Waals surface area contributed by atoms with Gasteiger partial charge in [0.2, 0.25) is 11.8 Å². The minimum atomic E-state index is -4.53. The summed E-state index contributed by atoms with van der Waals surface area (Å²) in [4.78, 5) is 29.8. The van der Waals surface area contributed by atoms with E-state index in [-0.39, 0.29) is 23.8 Å². The predicted molar refractivity (Wildman–Crippen MR) is 89.9 cm³/mol. The molecule has 2 heterocycles. The Labute approximate surface area is 149 Å². The zero-order chi connectivity index (χ0) is 18.2. The number of nitrogens with zero attached hydrogens (tertiary/aromatic N) is 2. The van der Waals surface area contributed by atoms with E-state index in [0.29, 0.717) is 4.34 Å². The van der Waals surface area contributed by atoms with Crippen LogP contribution in [0.3, 0.4) is 0 Å². The molecule has 0 saturated heterocycles. The number of aromatic nitrogens is 1. The van der Waals surface area contributed by atoms with Crippen LogP contribution in [0.5, 0.6) is 0 Å². The molecule has 0 radical (unpaired) electrons. The SMILES string of the molecule is C[C@H](Sc1nccs1)C(=O)N1CC(=O)Nc2cc(C(F)(F)F)ccc21. The van der Waals surface area contributed by atoms with Crippen molar-refractivity contribution in [2.24, 2.45) is 0 Å². The molecule has 25 heavy (non-hydrogen) atoms. The number of amides is 2. The number of nitrogens with one attached hydrogen (secondary N) is 1. The van der Waals surface area contributed by atoms with Gasteiger partial charge in [-0.05, 0) is 25.1 Å². The summed E-state index contributed by atoms with van der Waals surface area (Å²) < 4.78 is 39.2. The zero-order valence-electron chi connectivity index (χ0n) is 12.8. The Hall–Kier alpha value is -2.07. The Morgan fingerprint density at radius 1 is 1.44 bits per heavy atom. The van der Waals surface area contributed by atoms with Gasteiger partial charge in [-0.3, -0.25) is 14.5 Å². The van der Waals surface area contributed by atoms with Gasteiger partial charge in [-0.2, -0.15) is 13.2 Å². The lowest BCUT2D eigenvalue weighted by Gasteiger charge is -2.31. The van der Waals surface area contributed by atoms with Crippen LogP contribution >= 0.6 is 23.1 Å². The molecular formula is C15H12F3N3O2S2. The number of carbonyl (C=O) groups is 2. The van der Waals surface area contributed by atoms with Crippen molar-refractivity contribution in [3.8, 4) is 0 Å². The monoisotopic (exact) mass is 387 g/mol. The fourth-order valence-electron chi connectivity index (χ4n) is 2.35. The lowest BCUT2D eigenvalue weighted by atomic mass is 10.1. The molecule has 1 aliphatic rings. The van der Waals surface area contributed by atoms with E-state index in [1.54, 1.807) is 18.5 Å². The predicted octanol–water partition coefficient (Wildman–Crippen LogP) is 3.63. The Balaban J connectivity index is 1.88. The van der Waals surface area contributed by atoms with E-state index in [0.717, 1.165) is 12.1 Å². The van der Waals surface area contributed by atoms with Gasteiger partial charge in [-0.25, -0.2) is 4.98 Å². The molecule has 2 amide bonds. The fraction of sp³-hybridized carbons (Fsp3) is 0.267. The maximum atomic E-state index is 12.8. The molecule has 1 aromatic carbocycles. The number of anilines is 2. The van der Waals surface area contributed by atoms with Crippen molar-refractivity contribution in [1.29, 1.82) is 0 Å². The van der Waals surface area contributed by atoms with E-state index in [9.17, 15) is 22.8 Å². The molecule has 1 aliphatic heterocycles. The van der Waals surface area contributed by atoms with Crippen molar-refractivity contribution in [1.82, 2.24) is 4.98 Å². The molecule has 132 valence electrons. The van der Waals surface area contributed by atoms with Gasteiger partial charge in [0.1, 0.15) is 6.54 Å². The van der Waals surface area contributed by atoms with Crippen LogP contribution in [0.1, 0.15) is 12.5 Å². The van der Waals surface area contributed by atoms with Gasteiger partial charge in [0.05, 0.1) is 22.2 Å². The first-order valence-electron chi connectivity index (χ1n) is 7.14. The summed E-state index contributed by atoms with van der Waals surface area (Å²) >= 11 is 2.62. The molecule has 3 rings (SSSR count). The first-order valence-corrected chi connectivity index (χ1v) is 8.90. The molecule has 0 unspecified atom stereocenters. The van der Waals surface area contributed by atoms with Crippen LogP contribution in [0.15, 0.2) is 34.1 Å². The van der Waals surface area contributed by atoms with Crippen LogP contribution in [-0.2, 0) is 15.8 Å². The molecule has 2 aromatic rings. The smallest absolute Gasteiger partial charge is 0.323 e. The zero-order valence-corrected chi connectivity index (χ0v) is 14.5. The van der Waals surface area contributed by atoms with Gasteiger partial charge >= 0.3 is 6.18 Å². The van der Waals surface area contributed by atoms with Gasteiger partial charge in [0, 0.05) is 11.6 Å². The maximum Gasteiger partial charge on any atom is 0.416 e. The molecule has 1 N–H and O–H groups in total. The number of benzene rings is 1. The lowest BCUT2D eigenvalue weighted by Crippen LogP contribution is -2.45. The number of carbonyl (C=O) groups excluding carboxylic acids is 2. The van der Waals surface area contributed by atoms with Gasteiger partial charge in [-0.15, -0.1) is 11.3 Å². The highest BCUT2D eigenvalue weighted by atomic mass is 32.2. The summed E-state index contributed by atoms with van der Waals surface area (Å²) in [5, 5.41) is 3.64. The number of fused-ring (bicyclic) bond motifs is 1. The summed E-state index contributed by atoms with van der Waals surface area (Å²) in [5.74, 6) is -0.900. The van der Waals surface area contributed by atoms with E-state index in [2.05, 4.69) is 10.3 Å². The summed E-state index contributed by atoms with van der Waals surface area (Å²) in [6.07, 6.45) is -2.91. The van der Waals surface area contributed by atoms with Crippen LogP contribution in [-0.4, -0.2) is 28.6 Å². The van der Waals surface area contributed by atoms with Crippen molar-refractivity contribution in [3.05, 3.63) is 35.3 Å². The topological polar surface area (TPSA) is 62.3 Å². The normalized spacial score (nSPS) is 15.5. The van der Waals surface area contributed by atoms with Crippen LogP contribution in [0.25, 0.3) is 0 Å². The Morgan fingerprint density at radius 2 is 2.20 bits per heavy atom. The first kappa shape index (κ1) is 17.7. The lowest BCUT2D eigenvalue weighted by molar-refractivity contribution is -0.137. The molecular weight excluding hydrogens is 375 g/mol. The second kappa shape index (κ2) is 6.68. The van der Waals surface area contributed by atoms with Crippen molar-refractivity contribution < 1.29 is 22.8 Å². The van der Waals surface area contributed by atoms with Crippen LogP contribution < -0.4 is 10.2 Å². The van der Waals surface area contributed by atoms with Crippen LogP contribution in [0, 0.1) is 0 Å². The van der Waals surface area contributed by atoms with Crippen molar-refractivity contribution in [2.75, 3.05) is 16.8 Å². The standard InChI is InChI=1S/C15H12F3N3O2S2/c1-8(25-14-19-4-5-24-14)13(23)21-7-12(22)20-10-6-9(15(16,17)18)2-3-11(10)21/h2-6,8H,7H2,1H3,(H,20,22)/t8-/m0/s1. The molecule has 0 fully saturated rings. The number of hydrogen-bond donors (Lipinski definition) is 1. The average Bonchev–Trinajstić information content (AvgIpc) is 3.04. The molecule has 0 aliphatic carbocycles. The summed E-state index contributed by atoms with van der Waals surface area (Å²) in [5.41, 5.74) is -0.652. The van der Waals surface area contributed by atoms with Crippen molar-refractivity contribution in [3.63, 3.8) is 0 Å². The van der Waals surface area contributed by atoms with Crippen LogP contribution in [0.2, 0.25) is 0 Å². The molecule has 1 atom stereocenters. The Bertz CT molecular complexity index is 809. The number of hydrogen-bond acceptors (Lipinski definition) is 5. The summed E-state index contributed by atoms with van der Waals surface area (Å²) in [6, 6.07) is 2.94. The summed E-state index contributed by atoms with van der Waals surface area (Å²) in [7, 11) is 0. The third-order valence-electron chi connectivity index (χ3n) is 3.49. The highest BCUT2D eigenvalue weighted by Gasteiger charge is 2.35. The quantitative estimate of drug-likeness (QED) is 0.817. The third kappa shape index (κ3) is 3.79. The maximum absolute atomic E-state index is 12.8. The van der Waals surface area contributed by atoms with E-state index in [1.807, 2.05) is 0 Å². The van der Waals surface area contributed by atoms with E-state index in [1.165, 1.54) is 34.1 Å². The van der Waals surface area contributed by atoms with Gasteiger partial charge < -0.3 is 5.32 Å². The van der Waals surface area contributed by atoms with Crippen molar-refractivity contribution in [2.45, 2.75) is 22.7 Å². The number of thiazole rings is 1. The van der Waals surface area contributed by atoms with Gasteiger partial charge in [0.15, 0.2) is 4.34 Å². The second-order valence-electron chi connectivity index (χ2n) is 5.26. The van der Waals surface area contributed by atoms with Crippen LogP contribution in [0.4, 0.5) is 24.5 Å². The molecule has 10 heteroatoms. The van der Waals surface area contributed by atoms with E-state index in [4.69, 9.17) is 0 Å². The van der Waals surface area contributed by atoms with Crippen molar-refractivity contribution >= 4 is 46.3 Å². The molecule has 0 spiro atoms. The highest BCUT2D eigenvalue weighted by Crippen LogP contribution is 2.38. The number of halogens is 3. The Morgan fingerprint density at radius 3 is 2.84 bits per heavy atom.